The van der Waals surface area contributed by atoms with Crippen LogP contribution in [0, 0.1) is 11.7 Å². The van der Waals surface area contributed by atoms with E-state index in [4.69, 9.17) is 5.73 Å². The third-order valence-corrected chi connectivity index (χ3v) is 13.7. The molecule has 2 saturated heterocycles. The zero-order valence-electron chi connectivity index (χ0n) is 28.8. The zero-order valence-corrected chi connectivity index (χ0v) is 31.2. The van der Waals surface area contributed by atoms with Crippen LogP contribution in [0.3, 0.4) is 0 Å². The van der Waals surface area contributed by atoms with Crippen LogP contribution in [0.4, 0.5) is 21.8 Å². The second kappa shape index (κ2) is 15.1. The van der Waals surface area contributed by atoms with Crippen molar-refractivity contribution in [3.8, 4) is 0 Å². The van der Waals surface area contributed by atoms with Crippen LogP contribution in [-0.4, -0.2) is 81.6 Å². The number of nitrogens with one attached hydrogen (secondary N) is 3. The topological polar surface area (TPSA) is 197 Å². The number of sulfonamides is 1. The highest BCUT2D eigenvalue weighted by atomic mass is 79.9. The fourth-order valence-electron chi connectivity index (χ4n) is 8.00. The number of carbonyl (C=O) groups excluding carboxylic acids is 4. The first-order valence-electron chi connectivity index (χ1n) is 17.8. The lowest BCUT2D eigenvalue weighted by atomic mass is 9.83. The van der Waals surface area contributed by atoms with Crippen LogP contribution in [0.15, 0.2) is 47.1 Å². The fraction of sp³-hybridized carbons (Fsp3) is 0.444. The Morgan fingerprint density at radius 2 is 1.83 bits per heavy atom. The number of piperidine rings is 2. The lowest BCUT2D eigenvalue weighted by Crippen LogP contribution is -2.52. The van der Waals surface area contributed by atoms with Gasteiger partial charge in [0, 0.05) is 43.9 Å². The highest BCUT2D eigenvalue weighted by Crippen LogP contribution is 2.37. The standard InChI is InChI=1S/C36H40BrFN8O6S/c37-26-17-40-36(44-33(26)42-28-8-2-7-27(38)31(28)32(39)48)41-22-5-3-15-45(18-22)53(51,52)23-11-9-20(10-12-23)16-21-4-1-6-24-25(21)19-46(35(24)50)29-13-14-30(47)43-34(29)49/h1-2,4,6-8,17,20,22-23,29H,3,5,9-16,18-19H2,(H2,39,48)(H,43,47,49)(H2,40,41,42,44)/t20?,22-,23?,29?/m1/s1. The molecular weight excluding hydrogens is 771 g/mol. The first-order chi connectivity index (χ1) is 25.4. The molecule has 1 aromatic heterocycles. The molecule has 4 amide bonds. The van der Waals surface area contributed by atoms with Gasteiger partial charge in [0.1, 0.15) is 17.7 Å². The van der Waals surface area contributed by atoms with E-state index in [1.54, 1.807) is 15.3 Å². The summed E-state index contributed by atoms with van der Waals surface area (Å²) in [5, 5.41) is 8.05. The number of primary amides is 1. The van der Waals surface area contributed by atoms with Gasteiger partial charge in [-0.25, -0.2) is 17.8 Å². The van der Waals surface area contributed by atoms with Gasteiger partial charge < -0.3 is 21.3 Å². The number of benzene rings is 2. The van der Waals surface area contributed by atoms with Crippen molar-refractivity contribution < 1.29 is 32.0 Å². The van der Waals surface area contributed by atoms with Crippen LogP contribution in [0.25, 0.3) is 0 Å². The molecule has 0 radical (unpaired) electrons. The van der Waals surface area contributed by atoms with Crippen molar-refractivity contribution in [2.75, 3.05) is 23.7 Å². The van der Waals surface area contributed by atoms with Gasteiger partial charge in [-0.1, -0.05) is 18.2 Å². The molecule has 0 spiro atoms. The van der Waals surface area contributed by atoms with E-state index in [0.717, 1.165) is 36.5 Å². The maximum absolute atomic E-state index is 14.3. The Labute approximate surface area is 314 Å². The molecule has 7 rings (SSSR count). The van der Waals surface area contributed by atoms with Gasteiger partial charge in [0.15, 0.2) is 0 Å². The van der Waals surface area contributed by atoms with E-state index in [1.165, 1.54) is 18.3 Å². The number of hydrogen-bond donors (Lipinski definition) is 4. The number of aromatic nitrogens is 2. The predicted octanol–water partition coefficient (Wildman–Crippen LogP) is 3.99. The van der Waals surface area contributed by atoms with Crippen molar-refractivity contribution in [3.63, 3.8) is 0 Å². The summed E-state index contributed by atoms with van der Waals surface area (Å²) < 4.78 is 44.2. The minimum absolute atomic E-state index is 0.145. The quantitative estimate of drug-likeness (QED) is 0.218. The molecule has 2 atom stereocenters. The van der Waals surface area contributed by atoms with E-state index in [-0.39, 0.29) is 59.8 Å². The number of rotatable bonds is 10. The molecule has 4 heterocycles. The summed E-state index contributed by atoms with van der Waals surface area (Å²) in [5.41, 5.74) is 7.78. The molecule has 17 heteroatoms. The molecule has 280 valence electrons. The lowest BCUT2D eigenvalue weighted by Gasteiger charge is -2.37. The summed E-state index contributed by atoms with van der Waals surface area (Å²) in [6, 6.07) is 8.83. The third kappa shape index (κ3) is 7.64. The van der Waals surface area contributed by atoms with Gasteiger partial charge in [-0.2, -0.15) is 9.29 Å². The lowest BCUT2D eigenvalue weighted by molar-refractivity contribution is -0.136. The van der Waals surface area contributed by atoms with Crippen LogP contribution < -0.4 is 21.7 Å². The number of halogens is 2. The molecule has 3 aromatic rings. The average Bonchev–Trinajstić information content (AvgIpc) is 3.46. The zero-order chi connectivity index (χ0) is 37.4. The Balaban J connectivity index is 0.954. The highest BCUT2D eigenvalue weighted by molar-refractivity contribution is 9.10. The SMILES string of the molecule is NC(=O)c1c(F)cccc1Nc1nc(N[C@@H]2CCCN(S(=O)(=O)C3CCC(Cc4cccc5c4CN(C4CCC(=O)NC4=O)C5=O)CC3)C2)ncc1Br. The molecule has 53 heavy (non-hydrogen) atoms. The monoisotopic (exact) mass is 810 g/mol. The Kier molecular flexibility index (Phi) is 10.5. The van der Waals surface area contributed by atoms with Gasteiger partial charge in [-0.15, -0.1) is 0 Å². The first kappa shape index (κ1) is 36.9. The van der Waals surface area contributed by atoms with Crippen LogP contribution in [-0.2, 0) is 32.6 Å². The number of anilines is 3. The number of imide groups is 1. The van der Waals surface area contributed by atoms with E-state index in [2.05, 4.69) is 41.8 Å². The first-order valence-corrected chi connectivity index (χ1v) is 20.1. The van der Waals surface area contributed by atoms with Crippen molar-refractivity contribution in [2.24, 2.45) is 11.7 Å². The van der Waals surface area contributed by atoms with Crippen molar-refractivity contribution in [2.45, 2.75) is 81.7 Å². The van der Waals surface area contributed by atoms with Crippen molar-refractivity contribution in [3.05, 3.63) is 75.1 Å². The molecule has 1 saturated carbocycles. The summed E-state index contributed by atoms with van der Waals surface area (Å²) in [6.45, 7) is 1.00. The maximum Gasteiger partial charge on any atom is 0.255 e. The predicted molar refractivity (Wildman–Crippen MR) is 197 cm³/mol. The molecule has 5 N–H and O–H groups in total. The summed E-state index contributed by atoms with van der Waals surface area (Å²) in [4.78, 5) is 59.7. The second-order valence-corrected chi connectivity index (χ2v) is 17.2. The van der Waals surface area contributed by atoms with E-state index >= 15 is 0 Å². The molecule has 1 aliphatic carbocycles. The van der Waals surface area contributed by atoms with Crippen molar-refractivity contribution >= 4 is 67.0 Å². The maximum atomic E-state index is 14.3. The number of fused-ring (bicyclic) bond motifs is 1. The minimum Gasteiger partial charge on any atom is -0.365 e. The molecule has 3 aliphatic heterocycles. The molecule has 0 bridgehead atoms. The molecule has 14 nitrogen and oxygen atoms in total. The summed E-state index contributed by atoms with van der Waals surface area (Å²) in [7, 11) is -3.58. The van der Waals surface area contributed by atoms with E-state index in [1.807, 2.05) is 12.1 Å². The fourth-order valence-corrected chi connectivity index (χ4v) is 10.4. The molecular formula is C36H40BrFN8O6S. The van der Waals surface area contributed by atoms with Gasteiger partial charge in [-0.3, -0.25) is 24.5 Å². The molecule has 4 aliphatic rings. The van der Waals surface area contributed by atoms with Gasteiger partial charge in [0.25, 0.3) is 11.8 Å². The van der Waals surface area contributed by atoms with Crippen LogP contribution in [0.5, 0.6) is 0 Å². The molecule has 1 unspecified atom stereocenters. The minimum atomic E-state index is -3.58. The van der Waals surface area contributed by atoms with Gasteiger partial charge in [0.2, 0.25) is 27.8 Å². The average molecular weight is 812 g/mol. The number of carbonyl (C=O) groups is 4. The molecule has 2 aromatic carbocycles. The Morgan fingerprint density at radius 3 is 2.58 bits per heavy atom. The van der Waals surface area contributed by atoms with Gasteiger partial charge >= 0.3 is 0 Å². The Bertz CT molecular complexity index is 2080. The van der Waals surface area contributed by atoms with E-state index in [0.29, 0.717) is 55.2 Å². The normalized spacial score (nSPS) is 23.7. The number of hydrogen-bond acceptors (Lipinski definition) is 10. The van der Waals surface area contributed by atoms with Crippen LogP contribution in [0.1, 0.15) is 83.2 Å². The van der Waals surface area contributed by atoms with Gasteiger partial charge in [0.05, 0.1) is 21.0 Å². The summed E-state index contributed by atoms with van der Waals surface area (Å²) in [5.74, 6) is -1.89. The van der Waals surface area contributed by atoms with Crippen LogP contribution in [0.2, 0.25) is 0 Å². The van der Waals surface area contributed by atoms with Crippen molar-refractivity contribution in [1.29, 1.82) is 0 Å². The molecule has 3 fully saturated rings. The Morgan fingerprint density at radius 1 is 1.06 bits per heavy atom. The summed E-state index contributed by atoms with van der Waals surface area (Å²) >= 11 is 3.38. The second-order valence-electron chi connectivity index (χ2n) is 14.1. The van der Waals surface area contributed by atoms with Crippen molar-refractivity contribution in [1.82, 2.24) is 24.5 Å². The van der Waals surface area contributed by atoms with E-state index < -0.39 is 38.9 Å². The smallest absolute Gasteiger partial charge is 0.255 e. The number of nitrogens with zero attached hydrogens (tertiary/aromatic N) is 4. The largest absolute Gasteiger partial charge is 0.365 e. The third-order valence-electron chi connectivity index (χ3n) is 10.7. The Hall–Kier alpha value is -4.48. The summed E-state index contributed by atoms with van der Waals surface area (Å²) in [6.07, 6.45) is 6.64. The highest BCUT2D eigenvalue weighted by Gasteiger charge is 2.41. The number of amides is 4. The van der Waals surface area contributed by atoms with Crippen LogP contribution >= 0.6 is 15.9 Å². The number of nitrogens with two attached hydrogens (primary N) is 1. The van der Waals surface area contributed by atoms with E-state index in [9.17, 15) is 32.0 Å². The van der Waals surface area contributed by atoms with Gasteiger partial charge in [-0.05, 0) is 103 Å².